The Balaban J connectivity index is 1.65. The summed E-state index contributed by atoms with van der Waals surface area (Å²) >= 11 is 0. The van der Waals surface area contributed by atoms with Crippen LogP contribution in [0.15, 0.2) is 42.0 Å². The summed E-state index contributed by atoms with van der Waals surface area (Å²) in [4.78, 5) is 41.8. The molecule has 6 heteroatoms. The van der Waals surface area contributed by atoms with Gasteiger partial charge >= 0.3 is 6.03 Å². The topological polar surface area (TPSA) is 60.9 Å². The van der Waals surface area contributed by atoms with E-state index in [1.807, 2.05) is 32.0 Å². The van der Waals surface area contributed by atoms with Crippen LogP contribution in [0.1, 0.15) is 26.7 Å². The summed E-state index contributed by atoms with van der Waals surface area (Å²) in [5, 5.41) is 0. The van der Waals surface area contributed by atoms with E-state index in [1.165, 1.54) is 4.90 Å². The summed E-state index contributed by atoms with van der Waals surface area (Å²) in [7, 11) is 0. The van der Waals surface area contributed by atoms with Crippen molar-refractivity contribution in [2.24, 2.45) is 0 Å². The molecule has 3 rings (SSSR count). The number of imide groups is 1. The monoisotopic (exact) mass is 341 g/mol. The zero-order chi connectivity index (χ0) is 18.0. The molecule has 2 fully saturated rings. The fourth-order valence-corrected chi connectivity index (χ4v) is 3.37. The van der Waals surface area contributed by atoms with Crippen LogP contribution in [0.4, 0.5) is 10.5 Å². The van der Waals surface area contributed by atoms with Crippen LogP contribution in [-0.2, 0) is 9.59 Å². The molecule has 6 nitrogen and oxygen atoms in total. The first kappa shape index (κ1) is 17.2. The number of para-hydroxylation sites is 1. The number of anilines is 1. The van der Waals surface area contributed by atoms with Gasteiger partial charge in [-0.3, -0.25) is 9.59 Å². The van der Waals surface area contributed by atoms with E-state index in [0.717, 1.165) is 5.57 Å². The Morgan fingerprint density at radius 1 is 1.08 bits per heavy atom. The molecule has 0 N–H and O–H groups in total. The first-order valence-electron chi connectivity index (χ1n) is 8.60. The first-order chi connectivity index (χ1) is 12.0. The molecule has 1 aromatic rings. The highest BCUT2D eigenvalue weighted by atomic mass is 16.2. The molecule has 0 bridgehead atoms. The van der Waals surface area contributed by atoms with Gasteiger partial charge in [-0.25, -0.2) is 9.69 Å². The van der Waals surface area contributed by atoms with E-state index in [2.05, 4.69) is 0 Å². The number of urea groups is 1. The molecule has 0 unspecified atom stereocenters. The summed E-state index contributed by atoms with van der Waals surface area (Å²) in [5.41, 5.74) is 1.59. The van der Waals surface area contributed by atoms with Crippen LogP contribution in [0.5, 0.6) is 0 Å². The van der Waals surface area contributed by atoms with Gasteiger partial charge in [0.1, 0.15) is 6.54 Å². The molecule has 2 aliphatic rings. The first-order valence-corrected chi connectivity index (χ1v) is 8.60. The number of nitrogens with zero attached hydrogens (tertiary/aromatic N) is 3. The lowest BCUT2D eigenvalue weighted by Crippen LogP contribution is -2.47. The lowest BCUT2D eigenvalue weighted by atomic mass is 10.0. The summed E-state index contributed by atoms with van der Waals surface area (Å²) in [5.74, 6) is -0.174. The Morgan fingerprint density at radius 2 is 1.72 bits per heavy atom. The van der Waals surface area contributed by atoms with Crippen molar-refractivity contribution in [3.8, 4) is 0 Å². The van der Waals surface area contributed by atoms with Crippen molar-refractivity contribution >= 4 is 23.5 Å². The number of hydrogen-bond acceptors (Lipinski definition) is 3. The SMILES string of the molecule is CC(C)=CC(=O)N1CCC(N2CC(=O)N(c3ccccc3)C2=O)CC1. The van der Waals surface area contributed by atoms with E-state index < -0.39 is 0 Å². The third kappa shape index (κ3) is 3.57. The number of benzene rings is 1. The molecular formula is C19H23N3O3. The number of allylic oxidation sites excluding steroid dienone is 1. The Hall–Kier alpha value is -2.63. The largest absolute Gasteiger partial charge is 0.339 e. The van der Waals surface area contributed by atoms with E-state index in [9.17, 15) is 14.4 Å². The number of hydrogen-bond donors (Lipinski definition) is 0. The van der Waals surface area contributed by atoms with Crippen LogP contribution in [0, 0.1) is 0 Å². The minimum atomic E-state index is -0.259. The third-order valence-electron chi connectivity index (χ3n) is 4.64. The predicted octanol–water partition coefficient (Wildman–Crippen LogP) is 2.41. The Kier molecular flexibility index (Phi) is 4.88. The molecular weight excluding hydrogens is 318 g/mol. The Labute approximate surface area is 147 Å². The van der Waals surface area contributed by atoms with Crippen LogP contribution in [0.25, 0.3) is 0 Å². The smallest absolute Gasteiger partial charge is 0.332 e. The summed E-state index contributed by atoms with van der Waals surface area (Å²) < 4.78 is 0. The summed E-state index contributed by atoms with van der Waals surface area (Å²) in [6.07, 6.45) is 3.04. The van der Waals surface area contributed by atoms with Gasteiger partial charge in [-0.1, -0.05) is 23.8 Å². The van der Waals surface area contributed by atoms with E-state index >= 15 is 0 Å². The van der Waals surface area contributed by atoms with Gasteiger partial charge in [-0.2, -0.15) is 0 Å². The highest BCUT2D eigenvalue weighted by Crippen LogP contribution is 2.26. The third-order valence-corrected chi connectivity index (χ3v) is 4.64. The average Bonchev–Trinajstić information content (AvgIpc) is 2.89. The summed E-state index contributed by atoms with van der Waals surface area (Å²) in [6, 6.07) is 8.75. The molecule has 0 radical (unpaired) electrons. The minimum absolute atomic E-state index is 0.000848. The lowest BCUT2D eigenvalue weighted by Gasteiger charge is -2.35. The molecule has 0 aliphatic carbocycles. The fraction of sp³-hybridized carbons (Fsp3) is 0.421. The molecule has 132 valence electrons. The van der Waals surface area contributed by atoms with E-state index in [-0.39, 0.29) is 30.4 Å². The van der Waals surface area contributed by atoms with Crippen molar-refractivity contribution in [3.05, 3.63) is 42.0 Å². The second kappa shape index (κ2) is 7.09. The van der Waals surface area contributed by atoms with Crippen LogP contribution < -0.4 is 4.90 Å². The van der Waals surface area contributed by atoms with Gasteiger partial charge in [0.15, 0.2) is 0 Å². The molecule has 25 heavy (non-hydrogen) atoms. The van der Waals surface area contributed by atoms with Crippen LogP contribution in [0.3, 0.4) is 0 Å². The van der Waals surface area contributed by atoms with E-state index in [0.29, 0.717) is 31.6 Å². The van der Waals surface area contributed by atoms with Crippen molar-refractivity contribution in [2.45, 2.75) is 32.7 Å². The molecule has 4 amide bonds. The molecule has 0 atom stereocenters. The maximum atomic E-state index is 12.7. The zero-order valence-electron chi connectivity index (χ0n) is 14.6. The minimum Gasteiger partial charge on any atom is -0.339 e. The number of rotatable bonds is 3. The number of amides is 4. The number of carbonyl (C=O) groups is 3. The molecule has 0 spiro atoms. The van der Waals surface area contributed by atoms with Crippen LogP contribution >= 0.6 is 0 Å². The molecule has 2 aliphatic heterocycles. The second-order valence-electron chi connectivity index (χ2n) is 6.75. The van der Waals surface area contributed by atoms with Crippen molar-refractivity contribution in [2.75, 3.05) is 24.5 Å². The number of piperidine rings is 1. The highest BCUT2D eigenvalue weighted by Gasteiger charge is 2.41. The van der Waals surface area contributed by atoms with E-state index in [4.69, 9.17) is 0 Å². The standard InChI is InChI=1S/C19H23N3O3/c1-14(2)12-17(23)20-10-8-15(9-11-20)21-13-18(24)22(19(21)25)16-6-4-3-5-7-16/h3-7,12,15H,8-11,13H2,1-2H3. The quantitative estimate of drug-likeness (QED) is 0.626. The second-order valence-corrected chi connectivity index (χ2v) is 6.75. The van der Waals surface area contributed by atoms with Crippen LogP contribution in [0.2, 0.25) is 0 Å². The fourth-order valence-electron chi connectivity index (χ4n) is 3.37. The average molecular weight is 341 g/mol. The number of carbonyl (C=O) groups excluding carboxylic acids is 3. The molecule has 0 aromatic heterocycles. The Bertz CT molecular complexity index is 702. The normalized spacial score (nSPS) is 18.7. The van der Waals surface area contributed by atoms with Gasteiger partial charge in [0.2, 0.25) is 5.91 Å². The van der Waals surface area contributed by atoms with Crippen LogP contribution in [-0.4, -0.2) is 53.3 Å². The molecule has 2 saturated heterocycles. The molecule has 1 aromatic carbocycles. The van der Waals surface area contributed by atoms with Gasteiger partial charge in [-0.05, 0) is 38.8 Å². The molecule has 2 heterocycles. The van der Waals surface area contributed by atoms with Crippen molar-refractivity contribution in [1.29, 1.82) is 0 Å². The van der Waals surface area contributed by atoms with Gasteiger partial charge in [0.05, 0.1) is 5.69 Å². The van der Waals surface area contributed by atoms with Crippen molar-refractivity contribution < 1.29 is 14.4 Å². The maximum absolute atomic E-state index is 12.7. The van der Waals surface area contributed by atoms with Gasteiger partial charge in [0, 0.05) is 25.2 Å². The Morgan fingerprint density at radius 3 is 2.32 bits per heavy atom. The zero-order valence-corrected chi connectivity index (χ0v) is 14.6. The van der Waals surface area contributed by atoms with Gasteiger partial charge < -0.3 is 9.80 Å². The predicted molar refractivity (Wildman–Crippen MR) is 95.1 cm³/mol. The maximum Gasteiger partial charge on any atom is 0.332 e. The van der Waals surface area contributed by atoms with Crippen molar-refractivity contribution in [3.63, 3.8) is 0 Å². The molecule has 0 saturated carbocycles. The van der Waals surface area contributed by atoms with Gasteiger partial charge in [0.25, 0.3) is 5.91 Å². The van der Waals surface area contributed by atoms with Crippen molar-refractivity contribution in [1.82, 2.24) is 9.80 Å². The van der Waals surface area contributed by atoms with Gasteiger partial charge in [-0.15, -0.1) is 0 Å². The lowest BCUT2D eigenvalue weighted by molar-refractivity contribution is -0.127. The summed E-state index contributed by atoms with van der Waals surface area (Å²) in [6.45, 7) is 5.13. The highest BCUT2D eigenvalue weighted by molar-refractivity contribution is 6.19. The number of likely N-dealkylation sites (tertiary alicyclic amines) is 1. The van der Waals surface area contributed by atoms with E-state index in [1.54, 1.807) is 28.0 Å².